The smallest absolute Gasteiger partial charge is 0.534 e. The predicted octanol–water partition coefficient (Wildman–Crippen LogP) is 0.531. The number of rotatable bonds is 8. The lowest BCUT2D eigenvalue weighted by atomic mass is 10.3. The number of aliphatic hydroxyl groups excluding tert-OH is 1. The van der Waals surface area contributed by atoms with Gasteiger partial charge in [0.1, 0.15) is 5.69 Å². The lowest BCUT2D eigenvalue weighted by Gasteiger charge is -2.25. The van der Waals surface area contributed by atoms with Gasteiger partial charge in [-0.1, -0.05) is 12.1 Å². The summed E-state index contributed by atoms with van der Waals surface area (Å²) in [5, 5.41) is 8.59. The zero-order valence-electron chi connectivity index (χ0n) is 12.2. The molecule has 0 amide bonds. The van der Waals surface area contributed by atoms with Crippen LogP contribution in [-0.2, 0) is 30.7 Å². The summed E-state index contributed by atoms with van der Waals surface area (Å²) in [7, 11) is -3.75. The van der Waals surface area contributed by atoms with E-state index >= 15 is 0 Å². The van der Waals surface area contributed by atoms with E-state index in [9.17, 15) is 22.0 Å². The Morgan fingerprint density at radius 1 is 1.35 bits per heavy atom. The van der Waals surface area contributed by atoms with E-state index in [0.717, 1.165) is 6.26 Å². The molecule has 0 radical (unpaired) electrons. The molecule has 1 atom stereocenters. The van der Waals surface area contributed by atoms with Crippen molar-refractivity contribution < 1.29 is 36.7 Å². The second-order valence-corrected chi connectivity index (χ2v) is 7.08. The fraction of sp³-hybridized carbons (Fsp3) is 0.417. The molecule has 0 heterocycles. The van der Waals surface area contributed by atoms with Gasteiger partial charge in [0.05, 0.1) is 22.8 Å². The molecular formula is C12H16NO8S2-. The van der Waals surface area contributed by atoms with Crippen LogP contribution < -0.4 is 4.47 Å². The molecule has 1 aromatic carbocycles. The van der Waals surface area contributed by atoms with Gasteiger partial charge in [0.25, 0.3) is 0 Å². The molecule has 130 valence electrons. The van der Waals surface area contributed by atoms with Crippen LogP contribution in [0, 0.1) is 0 Å². The summed E-state index contributed by atoms with van der Waals surface area (Å²) in [6, 6.07) is 5.14. The van der Waals surface area contributed by atoms with E-state index in [0.29, 0.717) is 12.8 Å². The van der Waals surface area contributed by atoms with Crippen molar-refractivity contribution >= 4 is 32.9 Å². The fourth-order valence-electron chi connectivity index (χ4n) is 1.54. The molecule has 1 unspecified atom stereocenters. The van der Waals surface area contributed by atoms with Crippen molar-refractivity contribution in [3.8, 4) is 0 Å². The van der Waals surface area contributed by atoms with Crippen LogP contribution in [-0.4, -0.2) is 47.9 Å². The lowest BCUT2D eigenvalue weighted by molar-refractivity contribution is 0.0566. The molecule has 0 bridgehead atoms. The first kappa shape index (κ1) is 19.4. The number of sulfone groups is 1. The van der Waals surface area contributed by atoms with Crippen LogP contribution in [0.5, 0.6) is 0 Å². The van der Waals surface area contributed by atoms with Crippen LogP contribution in [0.2, 0.25) is 0 Å². The summed E-state index contributed by atoms with van der Waals surface area (Å²) >= 11 is -3.07. The third-order valence-electron chi connectivity index (χ3n) is 2.53. The van der Waals surface area contributed by atoms with E-state index in [2.05, 4.69) is 9.57 Å². The summed E-state index contributed by atoms with van der Waals surface area (Å²) in [5.74, 6) is 0. The van der Waals surface area contributed by atoms with E-state index in [1.807, 2.05) is 0 Å². The first-order valence-corrected chi connectivity index (χ1v) is 9.34. The lowest BCUT2D eigenvalue weighted by Crippen LogP contribution is -2.30. The predicted molar refractivity (Wildman–Crippen MR) is 79.7 cm³/mol. The first-order chi connectivity index (χ1) is 10.8. The van der Waals surface area contributed by atoms with E-state index < -0.39 is 27.3 Å². The van der Waals surface area contributed by atoms with Gasteiger partial charge >= 0.3 is 6.16 Å². The topological polar surface area (TPSA) is 133 Å². The van der Waals surface area contributed by atoms with Gasteiger partial charge in [-0.05, 0) is 25.0 Å². The molecule has 0 fully saturated rings. The van der Waals surface area contributed by atoms with Crippen LogP contribution in [0.15, 0.2) is 29.2 Å². The highest BCUT2D eigenvalue weighted by Crippen LogP contribution is 2.26. The van der Waals surface area contributed by atoms with Crippen LogP contribution in [0.1, 0.15) is 12.8 Å². The Morgan fingerprint density at radius 2 is 2.00 bits per heavy atom. The molecule has 0 aromatic heterocycles. The number of ether oxygens (including phenoxy) is 1. The zero-order valence-corrected chi connectivity index (χ0v) is 13.8. The minimum Gasteiger partial charge on any atom is -0.753 e. The fourth-order valence-corrected chi connectivity index (χ4v) is 2.90. The molecule has 9 nitrogen and oxygen atoms in total. The van der Waals surface area contributed by atoms with Crippen molar-refractivity contribution in [3.63, 3.8) is 0 Å². The van der Waals surface area contributed by atoms with Crippen molar-refractivity contribution in [2.45, 2.75) is 17.7 Å². The monoisotopic (exact) mass is 366 g/mol. The van der Waals surface area contributed by atoms with Gasteiger partial charge in [-0.3, -0.25) is 4.84 Å². The maximum Gasteiger partial charge on any atom is 0.534 e. The van der Waals surface area contributed by atoms with Crippen molar-refractivity contribution in [1.29, 1.82) is 0 Å². The van der Waals surface area contributed by atoms with Gasteiger partial charge in [-0.25, -0.2) is 17.4 Å². The number of carbonyl (C=O) groups excluding carboxylic acids is 1. The Bertz CT molecular complexity index is 661. The molecule has 11 heteroatoms. The van der Waals surface area contributed by atoms with E-state index in [1.54, 1.807) is 0 Å². The third kappa shape index (κ3) is 6.14. The second-order valence-electron chi connectivity index (χ2n) is 4.33. The number of benzene rings is 1. The third-order valence-corrected chi connectivity index (χ3v) is 4.21. The average molecular weight is 366 g/mol. The minimum atomic E-state index is -3.75. The van der Waals surface area contributed by atoms with Gasteiger partial charge < -0.3 is 14.4 Å². The average Bonchev–Trinajstić information content (AvgIpc) is 2.48. The van der Waals surface area contributed by atoms with E-state index in [1.165, 1.54) is 24.3 Å². The molecule has 0 aliphatic rings. The number of aliphatic hydroxyl groups is 1. The molecule has 23 heavy (non-hydrogen) atoms. The Kier molecular flexibility index (Phi) is 7.42. The van der Waals surface area contributed by atoms with Crippen LogP contribution >= 0.6 is 0 Å². The Balaban J connectivity index is 2.93. The largest absolute Gasteiger partial charge is 0.753 e. The molecule has 0 spiro atoms. The molecule has 1 rings (SSSR count). The summed E-state index contributed by atoms with van der Waals surface area (Å²) in [6.07, 6.45) is 0.355. The van der Waals surface area contributed by atoms with Crippen LogP contribution in [0.4, 0.5) is 10.5 Å². The molecule has 1 aromatic rings. The molecule has 0 aliphatic heterocycles. The highest BCUT2D eigenvalue weighted by molar-refractivity contribution is 7.91. The second kappa shape index (κ2) is 8.82. The van der Waals surface area contributed by atoms with Crippen molar-refractivity contribution in [1.82, 2.24) is 0 Å². The summed E-state index contributed by atoms with van der Waals surface area (Å²) in [6.45, 7) is -0.150. The minimum absolute atomic E-state index is 0.0726. The number of hydrogen-bond acceptors (Lipinski definition) is 8. The molecule has 0 saturated heterocycles. The Morgan fingerprint density at radius 3 is 2.57 bits per heavy atom. The summed E-state index contributed by atoms with van der Waals surface area (Å²) < 4.78 is 50.7. The summed E-state index contributed by atoms with van der Waals surface area (Å²) in [4.78, 5) is 15.7. The number of hydrogen-bond donors (Lipinski definition) is 1. The highest BCUT2D eigenvalue weighted by Gasteiger charge is 2.22. The number of unbranched alkanes of at least 4 members (excludes halogenated alkanes) is 1. The molecule has 1 N–H and O–H groups in total. The number of para-hydroxylation sites is 1. The van der Waals surface area contributed by atoms with Gasteiger partial charge in [-0.2, -0.15) is 0 Å². The standard InChI is InChI=1S/C12H17NO8S2/c1-23(18,19)11-7-3-2-6-10(11)13(22(16)17)21-12(15)20-9-5-4-8-14/h2-3,6-7,14H,4-5,8-9H2,1H3,(H,16,17)/p-1. The molecular weight excluding hydrogens is 350 g/mol. The van der Waals surface area contributed by atoms with Crippen LogP contribution in [0.3, 0.4) is 0 Å². The van der Waals surface area contributed by atoms with E-state index in [4.69, 9.17) is 5.11 Å². The number of carbonyl (C=O) groups is 1. The van der Waals surface area contributed by atoms with Gasteiger partial charge in [-0.15, -0.1) is 4.47 Å². The van der Waals surface area contributed by atoms with Gasteiger partial charge in [0.2, 0.25) is 0 Å². The first-order valence-electron chi connectivity index (χ1n) is 6.41. The maximum atomic E-state index is 11.7. The summed E-state index contributed by atoms with van der Waals surface area (Å²) in [5.41, 5.74) is -0.337. The van der Waals surface area contributed by atoms with Crippen molar-refractivity contribution in [2.75, 3.05) is 23.9 Å². The molecule has 0 saturated carbocycles. The SMILES string of the molecule is CS(=O)(=O)c1ccccc1N(OC(=O)OCCCCO)S(=O)[O-]. The Labute approximate surface area is 136 Å². The van der Waals surface area contributed by atoms with Gasteiger partial charge in [0, 0.05) is 12.9 Å². The quantitative estimate of drug-likeness (QED) is 0.305. The Hall–Kier alpha value is -1.69. The normalized spacial score (nSPS) is 12.5. The number of nitrogens with zero attached hydrogens (tertiary/aromatic N) is 1. The van der Waals surface area contributed by atoms with E-state index in [-0.39, 0.29) is 28.3 Å². The maximum absolute atomic E-state index is 11.7. The van der Waals surface area contributed by atoms with Crippen LogP contribution in [0.25, 0.3) is 0 Å². The van der Waals surface area contributed by atoms with Crippen molar-refractivity contribution in [3.05, 3.63) is 24.3 Å². The molecule has 0 aliphatic carbocycles. The van der Waals surface area contributed by atoms with Crippen molar-refractivity contribution in [2.24, 2.45) is 0 Å². The zero-order chi connectivity index (χ0) is 17.5. The highest BCUT2D eigenvalue weighted by atomic mass is 32.2. The van der Waals surface area contributed by atoms with Gasteiger partial charge in [0.15, 0.2) is 9.84 Å². The number of anilines is 1.